The molecule has 2 heterocycles. The average molecular weight is 321 g/mol. The second-order valence-corrected chi connectivity index (χ2v) is 4.58. The lowest BCUT2D eigenvalue weighted by atomic mass is 10.3. The van der Waals surface area contributed by atoms with Gasteiger partial charge >= 0.3 is 0 Å². The molecule has 0 radical (unpaired) electrons. The van der Waals surface area contributed by atoms with E-state index >= 15 is 0 Å². The maximum atomic E-state index is 11.4. The lowest BCUT2D eigenvalue weighted by molar-refractivity contribution is 0.0528. The Bertz CT molecular complexity index is 407. The summed E-state index contributed by atoms with van der Waals surface area (Å²) in [7, 11) is 0. The minimum atomic E-state index is -0.0836. The first-order valence-electron chi connectivity index (χ1n) is 4.78. The van der Waals surface area contributed by atoms with E-state index < -0.39 is 0 Å². The molecule has 0 aliphatic carbocycles. The zero-order chi connectivity index (χ0) is 10.8. The van der Waals surface area contributed by atoms with E-state index in [1.54, 1.807) is 0 Å². The molecule has 1 saturated heterocycles. The first kappa shape index (κ1) is 10.9. The molecule has 1 aliphatic rings. The summed E-state index contributed by atoms with van der Waals surface area (Å²) < 4.78 is 6.08. The van der Waals surface area contributed by atoms with Crippen molar-refractivity contribution in [2.24, 2.45) is 0 Å². The van der Waals surface area contributed by atoms with E-state index in [4.69, 9.17) is 4.74 Å². The second-order valence-electron chi connectivity index (χ2n) is 3.50. The van der Waals surface area contributed by atoms with E-state index in [-0.39, 0.29) is 11.7 Å². The summed E-state index contributed by atoms with van der Waals surface area (Å²) in [4.78, 5) is 20.3. The van der Waals surface area contributed by atoms with Gasteiger partial charge in [-0.1, -0.05) is 0 Å². The number of ether oxygens (including phenoxy) is 1. The van der Waals surface area contributed by atoms with Gasteiger partial charge in [0.25, 0.3) is 5.56 Å². The third-order valence-corrected chi connectivity index (χ3v) is 3.29. The zero-order valence-corrected chi connectivity index (χ0v) is 10.5. The van der Waals surface area contributed by atoms with Crippen LogP contribution in [0.15, 0.2) is 11.1 Å². The van der Waals surface area contributed by atoms with Gasteiger partial charge in [-0.05, 0) is 29.5 Å². The Morgan fingerprint density at radius 3 is 3.27 bits per heavy atom. The molecule has 5 nitrogen and oxygen atoms in total. The summed E-state index contributed by atoms with van der Waals surface area (Å²) in [5, 5.41) is 0. The largest absolute Gasteiger partial charge is 0.375 e. The monoisotopic (exact) mass is 321 g/mol. The molecule has 0 aromatic carbocycles. The highest BCUT2D eigenvalue weighted by Crippen LogP contribution is 2.18. The molecule has 1 aromatic heterocycles. The van der Waals surface area contributed by atoms with Gasteiger partial charge in [-0.25, -0.2) is 4.98 Å². The van der Waals surface area contributed by atoms with Crippen molar-refractivity contribution in [3.05, 3.63) is 20.3 Å². The fraction of sp³-hybridized carbons (Fsp3) is 0.556. The number of halogens is 1. The highest BCUT2D eigenvalue weighted by atomic mass is 127. The van der Waals surface area contributed by atoms with Crippen LogP contribution in [0.25, 0.3) is 0 Å². The van der Waals surface area contributed by atoms with Gasteiger partial charge in [0, 0.05) is 13.1 Å². The van der Waals surface area contributed by atoms with Crippen molar-refractivity contribution in [1.29, 1.82) is 0 Å². The van der Waals surface area contributed by atoms with Crippen molar-refractivity contribution in [1.82, 2.24) is 9.97 Å². The molecule has 6 heteroatoms. The van der Waals surface area contributed by atoms with E-state index in [0.717, 1.165) is 18.9 Å². The third kappa shape index (κ3) is 2.31. The standard InChI is InChI=1S/C9H12IN3O2/c1-6-4-13(2-3-15-6)8-7(10)9(14)12-5-11-8/h5-6H,2-4H2,1H3,(H,11,12,14). The Balaban J connectivity index is 2.28. The Morgan fingerprint density at radius 1 is 1.73 bits per heavy atom. The summed E-state index contributed by atoms with van der Waals surface area (Å²) in [6.45, 7) is 4.28. The topological polar surface area (TPSA) is 58.2 Å². The molecule has 1 fully saturated rings. The molecule has 0 saturated carbocycles. The Morgan fingerprint density at radius 2 is 2.53 bits per heavy atom. The maximum Gasteiger partial charge on any atom is 0.266 e. The highest BCUT2D eigenvalue weighted by Gasteiger charge is 2.20. The molecule has 2 rings (SSSR count). The molecule has 82 valence electrons. The van der Waals surface area contributed by atoms with E-state index in [2.05, 4.69) is 14.9 Å². The van der Waals surface area contributed by atoms with E-state index in [1.807, 2.05) is 29.5 Å². The number of anilines is 1. The van der Waals surface area contributed by atoms with Crippen molar-refractivity contribution in [2.75, 3.05) is 24.6 Å². The van der Waals surface area contributed by atoms with Gasteiger partial charge < -0.3 is 14.6 Å². The molecule has 15 heavy (non-hydrogen) atoms. The Labute approximate surface area is 101 Å². The summed E-state index contributed by atoms with van der Waals surface area (Å²) in [5.41, 5.74) is -0.0836. The minimum absolute atomic E-state index is 0.0836. The Hall–Kier alpha value is -0.630. The number of aromatic nitrogens is 2. The van der Waals surface area contributed by atoms with Crippen LogP contribution in [0.5, 0.6) is 0 Å². The molecule has 1 unspecified atom stereocenters. The molecular weight excluding hydrogens is 309 g/mol. The maximum absolute atomic E-state index is 11.4. The van der Waals surface area contributed by atoms with Crippen LogP contribution in [0, 0.1) is 3.57 Å². The molecule has 1 aliphatic heterocycles. The summed E-state index contributed by atoms with van der Waals surface area (Å²) in [5.74, 6) is 0.759. The van der Waals surface area contributed by atoms with Crippen LogP contribution in [0.3, 0.4) is 0 Å². The van der Waals surface area contributed by atoms with E-state index in [1.165, 1.54) is 6.33 Å². The molecule has 1 atom stereocenters. The first-order chi connectivity index (χ1) is 7.18. The third-order valence-electron chi connectivity index (χ3n) is 2.32. The summed E-state index contributed by atoms with van der Waals surface area (Å²) in [6, 6.07) is 0. The summed E-state index contributed by atoms with van der Waals surface area (Å²) in [6.07, 6.45) is 1.63. The van der Waals surface area contributed by atoms with Crippen LogP contribution in [0.2, 0.25) is 0 Å². The number of morpholine rings is 1. The highest BCUT2D eigenvalue weighted by molar-refractivity contribution is 14.1. The second kappa shape index (κ2) is 4.48. The van der Waals surface area contributed by atoms with Gasteiger partial charge in [-0.2, -0.15) is 0 Å². The van der Waals surface area contributed by atoms with Gasteiger partial charge in [-0.3, -0.25) is 4.79 Å². The van der Waals surface area contributed by atoms with E-state index in [9.17, 15) is 4.79 Å². The van der Waals surface area contributed by atoms with E-state index in [0.29, 0.717) is 10.2 Å². The quantitative estimate of drug-likeness (QED) is 0.770. The lowest BCUT2D eigenvalue weighted by Crippen LogP contribution is -2.42. The normalized spacial score (nSPS) is 21.7. The number of nitrogens with one attached hydrogen (secondary N) is 1. The minimum Gasteiger partial charge on any atom is -0.375 e. The first-order valence-corrected chi connectivity index (χ1v) is 5.86. The van der Waals surface area contributed by atoms with Crippen LogP contribution in [0.4, 0.5) is 5.82 Å². The molecule has 0 amide bonds. The number of aromatic amines is 1. The van der Waals surface area contributed by atoms with Gasteiger partial charge in [-0.15, -0.1) is 0 Å². The zero-order valence-electron chi connectivity index (χ0n) is 8.36. The smallest absolute Gasteiger partial charge is 0.266 e. The number of H-pyrrole nitrogens is 1. The number of hydrogen-bond acceptors (Lipinski definition) is 4. The molecule has 0 spiro atoms. The van der Waals surface area contributed by atoms with Crippen LogP contribution in [-0.2, 0) is 4.74 Å². The van der Waals surface area contributed by atoms with Crippen molar-refractivity contribution in [2.45, 2.75) is 13.0 Å². The fourth-order valence-corrected chi connectivity index (χ4v) is 2.24. The van der Waals surface area contributed by atoms with Crippen molar-refractivity contribution >= 4 is 28.4 Å². The SMILES string of the molecule is CC1CN(c2nc[nH]c(=O)c2I)CCO1. The number of rotatable bonds is 1. The van der Waals surface area contributed by atoms with Gasteiger partial charge in [0.05, 0.1) is 19.0 Å². The summed E-state index contributed by atoms with van der Waals surface area (Å²) >= 11 is 2.03. The lowest BCUT2D eigenvalue weighted by Gasteiger charge is -2.32. The molecular formula is C9H12IN3O2. The molecule has 0 bridgehead atoms. The van der Waals surface area contributed by atoms with Crippen LogP contribution < -0.4 is 10.5 Å². The van der Waals surface area contributed by atoms with Gasteiger partial charge in [0.2, 0.25) is 0 Å². The predicted molar refractivity (Wildman–Crippen MR) is 65.2 cm³/mol. The predicted octanol–water partition coefficient (Wildman–Crippen LogP) is 0.600. The Kier molecular flexibility index (Phi) is 3.25. The van der Waals surface area contributed by atoms with Crippen molar-refractivity contribution in [3.63, 3.8) is 0 Å². The van der Waals surface area contributed by atoms with Crippen LogP contribution in [0.1, 0.15) is 6.92 Å². The van der Waals surface area contributed by atoms with Crippen LogP contribution >= 0.6 is 22.6 Å². The fourth-order valence-electron chi connectivity index (χ4n) is 1.60. The van der Waals surface area contributed by atoms with Crippen molar-refractivity contribution < 1.29 is 4.74 Å². The van der Waals surface area contributed by atoms with Crippen molar-refractivity contribution in [3.8, 4) is 0 Å². The number of nitrogens with zero attached hydrogens (tertiary/aromatic N) is 2. The average Bonchev–Trinajstić information content (AvgIpc) is 2.22. The molecule has 1 N–H and O–H groups in total. The number of hydrogen-bond donors (Lipinski definition) is 1. The van der Waals surface area contributed by atoms with Crippen LogP contribution in [-0.4, -0.2) is 35.8 Å². The van der Waals surface area contributed by atoms with Gasteiger partial charge in [0.1, 0.15) is 9.39 Å². The molecule has 1 aromatic rings. The van der Waals surface area contributed by atoms with Gasteiger partial charge in [0.15, 0.2) is 0 Å².